The molecule has 3 rings (SSSR count). The van der Waals surface area contributed by atoms with Crippen LogP contribution in [0, 0.1) is 18.8 Å². The quantitative estimate of drug-likeness (QED) is 0.429. The Balaban J connectivity index is 1.73. The standard InChI is InChI=1S/C25H25N3O2/c1-5-26-16-15-19(3)17-23-25(29)28(4)22-14-13-21(27-24(22)30-23)8-6-7-20-11-9-18(2)10-12-20/h5,9-16,23H,3,7,17H2,1-2,4H3/b16-15-,26-5?. The minimum atomic E-state index is -0.673. The number of fused-ring (bicyclic) bond motifs is 1. The minimum absolute atomic E-state index is 0.129. The fraction of sp³-hybridized carbons (Fsp3) is 0.240. The van der Waals surface area contributed by atoms with Gasteiger partial charge in [0.05, 0.1) is 0 Å². The van der Waals surface area contributed by atoms with Gasteiger partial charge in [-0.05, 0) is 49.1 Å². The van der Waals surface area contributed by atoms with Crippen molar-refractivity contribution in [3.63, 3.8) is 0 Å². The van der Waals surface area contributed by atoms with E-state index in [9.17, 15) is 4.79 Å². The molecule has 1 aromatic carbocycles. The normalized spacial score (nSPS) is 15.6. The highest BCUT2D eigenvalue weighted by atomic mass is 16.5. The summed E-state index contributed by atoms with van der Waals surface area (Å²) in [6, 6.07) is 11.9. The van der Waals surface area contributed by atoms with Gasteiger partial charge in [-0.1, -0.05) is 42.3 Å². The zero-order chi connectivity index (χ0) is 21.5. The summed E-state index contributed by atoms with van der Waals surface area (Å²) < 4.78 is 5.91. The average Bonchev–Trinajstić information content (AvgIpc) is 2.73. The topological polar surface area (TPSA) is 54.8 Å². The van der Waals surface area contributed by atoms with Crippen LogP contribution in [0.2, 0.25) is 0 Å². The molecular formula is C25H25N3O2. The van der Waals surface area contributed by atoms with Crippen LogP contribution >= 0.6 is 0 Å². The highest BCUT2D eigenvalue weighted by molar-refractivity contribution is 5.99. The van der Waals surface area contributed by atoms with Gasteiger partial charge in [-0.2, -0.15) is 0 Å². The molecule has 0 radical (unpaired) electrons. The number of likely N-dealkylation sites (N-methyl/N-ethyl adjacent to an activating group) is 1. The number of amides is 1. The number of rotatable bonds is 5. The van der Waals surface area contributed by atoms with Crippen molar-refractivity contribution in [2.75, 3.05) is 11.9 Å². The maximum atomic E-state index is 12.6. The molecule has 0 bridgehead atoms. The van der Waals surface area contributed by atoms with Crippen LogP contribution in [0.25, 0.3) is 0 Å². The Hall–Kier alpha value is -3.65. The molecule has 1 unspecified atom stereocenters. The molecule has 0 fully saturated rings. The molecule has 1 aromatic heterocycles. The molecule has 0 N–H and O–H groups in total. The molecule has 0 saturated carbocycles. The number of aryl methyl sites for hydroxylation is 1. The molecule has 0 aliphatic carbocycles. The molecule has 5 heteroatoms. The summed E-state index contributed by atoms with van der Waals surface area (Å²) in [7, 11) is 1.72. The van der Waals surface area contributed by atoms with Gasteiger partial charge in [-0.15, -0.1) is 0 Å². The highest BCUT2D eigenvalue weighted by Gasteiger charge is 2.33. The number of nitrogens with zero attached hydrogens (tertiary/aromatic N) is 3. The predicted octanol–water partition coefficient (Wildman–Crippen LogP) is 4.26. The van der Waals surface area contributed by atoms with Crippen molar-refractivity contribution in [3.8, 4) is 17.7 Å². The Morgan fingerprint density at radius 2 is 2.07 bits per heavy atom. The molecule has 1 atom stereocenters. The summed E-state index contributed by atoms with van der Waals surface area (Å²) in [6.07, 6.45) is 5.44. The SMILES string of the molecule is C=C(/C=C\N=CC)CC1Oc2nc(C#CCc3ccc(C)cc3)ccc2N(C)C1=O. The van der Waals surface area contributed by atoms with Gasteiger partial charge in [0.15, 0.2) is 6.10 Å². The Labute approximate surface area is 177 Å². The first-order valence-corrected chi connectivity index (χ1v) is 9.79. The van der Waals surface area contributed by atoms with E-state index in [1.807, 2.05) is 13.0 Å². The van der Waals surface area contributed by atoms with Crippen LogP contribution in [0.15, 0.2) is 65.8 Å². The molecule has 0 spiro atoms. The van der Waals surface area contributed by atoms with Crippen molar-refractivity contribution in [3.05, 3.63) is 77.6 Å². The van der Waals surface area contributed by atoms with E-state index in [4.69, 9.17) is 4.74 Å². The number of benzene rings is 1. The van der Waals surface area contributed by atoms with Crippen LogP contribution in [0.4, 0.5) is 5.69 Å². The number of ether oxygens (including phenoxy) is 1. The van der Waals surface area contributed by atoms with E-state index in [-0.39, 0.29) is 5.91 Å². The average molecular weight is 399 g/mol. The van der Waals surface area contributed by atoms with E-state index in [2.05, 4.69) is 59.6 Å². The number of hydrogen-bond donors (Lipinski definition) is 0. The van der Waals surface area contributed by atoms with Gasteiger partial charge < -0.3 is 9.64 Å². The first-order valence-electron chi connectivity index (χ1n) is 9.79. The third kappa shape index (κ3) is 5.24. The molecule has 1 amide bonds. The fourth-order valence-corrected chi connectivity index (χ4v) is 2.98. The van der Waals surface area contributed by atoms with Crippen molar-refractivity contribution in [1.29, 1.82) is 0 Å². The fourth-order valence-electron chi connectivity index (χ4n) is 2.98. The molecule has 1 aliphatic rings. The van der Waals surface area contributed by atoms with Gasteiger partial charge in [-0.3, -0.25) is 9.79 Å². The number of carbonyl (C=O) groups is 1. The second kappa shape index (κ2) is 9.71. The van der Waals surface area contributed by atoms with Crippen LogP contribution in [0.3, 0.4) is 0 Å². The lowest BCUT2D eigenvalue weighted by atomic mass is 10.1. The summed E-state index contributed by atoms with van der Waals surface area (Å²) in [6.45, 7) is 7.87. The van der Waals surface area contributed by atoms with Crippen LogP contribution in [-0.4, -0.2) is 30.3 Å². The monoisotopic (exact) mass is 399 g/mol. The molecule has 2 heterocycles. The Kier molecular flexibility index (Phi) is 6.82. The van der Waals surface area contributed by atoms with E-state index in [0.717, 1.165) is 11.1 Å². The van der Waals surface area contributed by atoms with Crippen molar-refractivity contribution in [2.24, 2.45) is 4.99 Å². The summed E-state index contributed by atoms with van der Waals surface area (Å²) in [5.74, 6) is 6.52. The van der Waals surface area contributed by atoms with E-state index in [0.29, 0.717) is 30.1 Å². The minimum Gasteiger partial charge on any atom is -0.462 e. The number of carbonyl (C=O) groups excluding carboxylic acids is 1. The molecule has 5 nitrogen and oxygen atoms in total. The Morgan fingerprint density at radius 1 is 1.30 bits per heavy atom. The van der Waals surface area contributed by atoms with Gasteiger partial charge in [-0.25, -0.2) is 4.98 Å². The van der Waals surface area contributed by atoms with Crippen molar-refractivity contribution >= 4 is 17.8 Å². The maximum absolute atomic E-state index is 12.6. The zero-order valence-electron chi connectivity index (χ0n) is 17.6. The van der Waals surface area contributed by atoms with E-state index >= 15 is 0 Å². The Bertz CT molecular complexity index is 1060. The molecule has 0 saturated heterocycles. The van der Waals surface area contributed by atoms with Crippen molar-refractivity contribution in [2.45, 2.75) is 32.8 Å². The van der Waals surface area contributed by atoms with E-state index < -0.39 is 6.10 Å². The summed E-state index contributed by atoms with van der Waals surface area (Å²) >= 11 is 0. The van der Waals surface area contributed by atoms with Gasteiger partial charge >= 0.3 is 0 Å². The number of aliphatic imine (C=N–C) groups is 1. The first-order chi connectivity index (χ1) is 14.5. The third-order valence-corrected chi connectivity index (χ3v) is 4.68. The van der Waals surface area contributed by atoms with Crippen LogP contribution < -0.4 is 9.64 Å². The van der Waals surface area contributed by atoms with Crippen molar-refractivity contribution < 1.29 is 9.53 Å². The number of pyridine rings is 1. The second-order valence-corrected chi connectivity index (χ2v) is 7.07. The summed E-state index contributed by atoms with van der Waals surface area (Å²) in [5.41, 5.74) is 4.39. The van der Waals surface area contributed by atoms with Gasteiger partial charge in [0.25, 0.3) is 5.91 Å². The lowest BCUT2D eigenvalue weighted by Gasteiger charge is -2.31. The van der Waals surface area contributed by atoms with E-state index in [1.54, 1.807) is 36.5 Å². The van der Waals surface area contributed by atoms with Crippen LogP contribution in [0.5, 0.6) is 5.88 Å². The number of allylic oxidation sites excluding steroid dienone is 1. The summed E-state index contributed by atoms with van der Waals surface area (Å²) in [5, 5.41) is 0. The lowest BCUT2D eigenvalue weighted by molar-refractivity contribution is -0.126. The zero-order valence-corrected chi connectivity index (χ0v) is 17.6. The largest absolute Gasteiger partial charge is 0.462 e. The first kappa shape index (κ1) is 21.1. The molecule has 2 aromatic rings. The number of hydrogen-bond acceptors (Lipinski definition) is 4. The van der Waals surface area contributed by atoms with Gasteiger partial charge in [0.2, 0.25) is 5.88 Å². The highest BCUT2D eigenvalue weighted by Crippen LogP contribution is 2.32. The van der Waals surface area contributed by atoms with Crippen LogP contribution in [-0.2, 0) is 11.2 Å². The lowest BCUT2D eigenvalue weighted by Crippen LogP contribution is -2.44. The molecule has 30 heavy (non-hydrogen) atoms. The van der Waals surface area contributed by atoms with Crippen molar-refractivity contribution in [1.82, 2.24) is 4.98 Å². The third-order valence-electron chi connectivity index (χ3n) is 4.68. The number of anilines is 1. The van der Waals surface area contributed by atoms with E-state index in [1.165, 1.54) is 5.56 Å². The predicted molar refractivity (Wildman–Crippen MR) is 121 cm³/mol. The summed E-state index contributed by atoms with van der Waals surface area (Å²) in [4.78, 5) is 22.7. The number of aromatic nitrogens is 1. The molecular weight excluding hydrogens is 374 g/mol. The molecule has 152 valence electrons. The Morgan fingerprint density at radius 3 is 2.80 bits per heavy atom. The molecule has 1 aliphatic heterocycles. The van der Waals surface area contributed by atoms with Gasteiger partial charge in [0, 0.05) is 32.3 Å². The van der Waals surface area contributed by atoms with Gasteiger partial charge in [0.1, 0.15) is 11.4 Å². The smallest absolute Gasteiger partial charge is 0.268 e. The van der Waals surface area contributed by atoms with Crippen LogP contribution in [0.1, 0.15) is 30.2 Å². The maximum Gasteiger partial charge on any atom is 0.268 e. The second-order valence-electron chi connectivity index (χ2n) is 7.07.